The summed E-state index contributed by atoms with van der Waals surface area (Å²) in [6.45, 7) is 2.68. The van der Waals surface area contributed by atoms with Gasteiger partial charge < -0.3 is 4.90 Å². The Balaban J connectivity index is 1.66. The molecule has 0 fully saturated rings. The van der Waals surface area contributed by atoms with E-state index in [9.17, 15) is 4.79 Å². The Bertz CT molecular complexity index is 1100. The van der Waals surface area contributed by atoms with Crippen LogP contribution >= 0.6 is 0 Å². The third-order valence-electron chi connectivity index (χ3n) is 5.03. The second-order valence-corrected chi connectivity index (χ2v) is 6.82. The van der Waals surface area contributed by atoms with E-state index in [4.69, 9.17) is 4.99 Å². The van der Waals surface area contributed by atoms with Gasteiger partial charge in [0.1, 0.15) is 0 Å². The Morgan fingerprint density at radius 3 is 2.70 bits per heavy atom. The van der Waals surface area contributed by atoms with Gasteiger partial charge in [-0.05, 0) is 30.5 Å². The minimum atomic E-state index is -0.439. The fourth-order valence-electron chi connectivity index (χ4n) is 3.78. The molecule has 5 rings (SSSR count). The molecule has 2 aliphatic heterocycles. The van der Waals surface area contributed by atoms with Crippen LogP contribution in [0, 0.1) is 6.92 Å². The van der Waals surface area contributed by atoms with Crippen molar-refractivity contribution >= 4 is 17.6 Å². The first-order valence-electron chi connectivity index (χ1n) is 9.06. The monoisotopic (exact) mass is 357 g/mol. The minimum Gasteiger partial charge on any atom is -0.312 e. The maximum atomic E-state index is 12.7. The van der Waals surface area contributed by atoms with Crippen molar-refractivity contribution in [2.75, 3.05) is 16.8 Å². The normalized spacial score (nSPS) is 17.7. The molecule has 1 aromatic heterocycles. The maximum Gasteiger partial charge on any atom is 0.257 e. The van der Waals surface area contributed by atoms with E-state index >= 15 is 0 Å². The van der Waals surface area contributed by atoms with Crippen molar-refractivity contribution in [2.45, 2.75) is 19.5 Å². The van der Waals surface area contributed by atoms with Crippen molar-refractivity contribution in [2.24, 2.45) is 4.99 Å². The van der Waals surface area contributed by atoms with E-state index in [-0.39, 0.29) is 5.56 Å². The molecule has 3 heterocycles. The number of guanidine groups is 1. The van der Waals surface area contributed by atoms with E-state index in [1.807, 2.05) is 43.3 Å². The Labute approximate surface area is 156 Å². The van der Waals surface area contributed by atoms with E-state index in [0.717, 1.165) is 30.2 Å². The average Bonchev–Trinajstić information content (AvgIpc) is 3.11. The van der Waals surface area contributed by atoms with E-state index in [1.165, 1.54) is 5.56 Å². The van der Waals surface area contributed by atoms with Gasteiger partial charge in [0, 0.05) is 24.0 Å². The number of nitrogens with zero attached hydrogens (tertiary/aromatic N) is 4. The summed E-state index contributed by atoms with van der Waals surface area (Å²) in [4.78, 5) is 24.4. The first-order chi connectivity index (χ1) is 13.2. The fourth-order valence-corrected chi connectivity index (χ4v) is 3.78. The smallest absolute Gasteiger partial charge is 0.257 e. The van der Waals surface area contributed by atoms with Crippen LogP contribution in [0.4, 0.5) is 11.6 Å². The van der Waals surface area contributed by atoms with Crippen molar-refractivity contribution in [3.05, 3.63) is 87.8 Å². The van der Waals surface area contributed by atoms with Crippen molar-refractivity contribution in [1.82, 2.24) is 9.55 Å². The average molecular weight is 357 g/mol. The number of fused-ring (bicyclic) bond motifs is 2. The Morgan fingerprint density at radius 1 is 1.07 bits per heavy atom. The second kappa shape index (κ2) is 6.09. The van der Waals surface area contributed by atoms with Crippen LogP contribution in [0.15, 0.2) is 70.5 Å². The van der Waals surface area contributed by atoms with Crippen LogP contribution in [-0.4, -0.2) is 22.1 Å². The van der Waals surface area contributed by atoms with Crippen LogP contribution < -0.4 is 15.8 Å². The van der Waals surface area contributed by atoms with Crippen molar-refractivity contribution in [1.29, 1.82) is 0 Å². The molecule has 0 radical (unpaired) electrons. The highest BCUT2D eigenvalue weighted by Gasteiger charge is 2.30. The van der Waals surface area contributed by atoms with Gasteiger partial charge in [-0.25, -0.2) is 9.98 Å². The number of aromatic nitrogens is 2. The Morgan fingerprint density at radius 2 is 1.85 bits per heavy atom. The summed E-state index contributed by atoms with van der Waals surface area (Å²) in [5.74, 6) is 1.26. The molecule has 0 saturated heterocycles. The van der Waals surface area contributed by atoms with E-state index in [1.54, 1.807) is 10.6 Å². The van der Waals surface area contributed by atoms with E-state index in [2.05, 4.69) is 33.4 Å². The lowest BCUT2D eigenvalue weighted by molar-refractivity contribution is 0.574. The molecule has 0 bridgehead atoms. The van der Waals surface area contributed by atoms with Crippen molar-refractivity contribution < 1.29 is 0 Å². The standard InChI is InChI=1S/C21H19N5O/c1-14-13-18(27)26-19(16-8-3-2-4-9-16)23-20(24-21(26)22-14)25-12-11-15-7-5-6-10-17(15)25/h2-10,13,19H,11-12H2,1H3,(H,22,23,24)/t19-/m1/s1. The zero-order valence-corrected chi connectivity index (χ0v) is 15.0. The molecule has 2 aromatic carbocycles. The van der Waals surface area contributed by atoms with Gasteiger partial charge in [-0.2, -0.15) is 0 Å². The molecule has 0 saturated carbocycles. The first kappa shape index (κ1) is 15.8. The summed E-state index contributed by atoms with van der Waals surface area (Å²) in [5, 5.41) is 3.29. The van der Waals surface area contributed by atoms with Gasteiger partial charge in [-0.3, -0.25) is 14.7 Å². The molecular weight excluding hydrogens is 338 g/mol. The van der Waals surface area contributed by atoms with Crippen LogP contribution in [0.3, 0.4) is 0 Å². The van der Waals surface area contributed by atoms with Crippen LogP contribution in [-0.2, 0) is 6.42 Å². The predicted molar refractivity (Wildman–Crippen MR) is 106 cm³/mol. The number of aryl methyl sites for hydroxylation is 1. The number of benzene rings is 2. The summed E-state index contributed by atoms with van der Waals surface area (Å²) in [5.41, 5.74) is 3.99. The number of nitrogens with one attached hydrogen (secondary N) is 1. The first-order valence-corrected chi connectivity index (χ1v) is 9.06. The summed E-state index contributed by atoms with van der Waals surface area (Å²) in [6.07, 6.45) is 0.534. The highest BCUT2D eigenvalue weighted by molar-refractivity contribution is 6.06. The van der Waals surface area contributed by atoms with Crippen LogP contribution in [0.1, 0.15) is 23.0 Å². The van der Waals surface area contributed by atoms with Crippen LogP contribution in [0.5, 0.6) is 0 Å². The topological polar surface area (TPSA) is 62.5 Å². The third kappa shape index (κ3) is 2.61. The zero-order chi connectivity index (χ0) is 18.4. The van der Waals surface area contributed by atoms with Gasteiger partial charge in [0.25, 0.3) is 5.56 Å². The minimum absolute atomic E-state index is 0.108. The summed E-state index contributed by atoms with van der Waals surface area (Å²) in [6, 6.07) is 19.8. The number of aliphatic imine (C=N–C) groups is 1. The summed E-state index contributed by atoms with van der Waals surface area (Å²) < 4.78 is 1.62. The Kier molecular flexibility index (Phi) is 3.57. The number of anilines is 2. The maximum absolute atomic E-state index is 12.7. The molecule has 134 valence electrons. The number of para-hydroxylation sites is 1. The number of hydrogen-bond donors (Lipinski definition) is 1. The van der Waals surface area contributed by atoms with Gasteiger partial charge in [0.05, 0.1) is 0 Å². The van der Waals surface area contributed by atoms with Crippen LogP contribution in [0.25, 0.3) is 0 Å². The van der Waals surface area contributed by atoms with E-state index in [0.29, 0.717) is 11.6 Å². The summed E-state index contributed by atoms with van der Waals surface area (Å²) in [7, 11) is 0. The molecule has 2 aliphatic rings. The lowest BCUT2D eigenvalue weighted by atomic mass is 10.1. The number of hydrogen-bond acceptors (Lipinski definition) is 5. The molecule has 27 heavy (non-hydrogen) atoms. The lowest BCUT2D eigenvalue weighted by Gasteiger charge is -2.31. The molecule has 1 N–H and O–H groups in total. The highest BCUT2D eigenvalue weighted by Crippen LogP contribution is 2.31. The SMILES string of the molecule is Cc1cc(=O)n2c(n1)NC(N1CCc3ccccc31)=N[C@H]2c1ccccc1. The third-order valence-corrected chi connectivity index (χ3v) is 5.03. The van der Waals surface area contributed by atoms with Gasteiger partial charge >= 0.3 is 0 Å². The predicted octanol–water partition coefficient (Wildman–Crippen LogP) is 2.94. The second-order valence-electron chi connectivity index (χ2n) is 6.82. The van der Waals surface area contributed by atoms with Crippen molar-refractivity contribution in [3.8, 4) is 0 Å². The lowest BCUT2D eigenvalue weighted by Crippen LogP contribution is -2.43. The van der Waals surface area contributed by atoms with Gasteiger partial charge in [-0.1, -0.05) is 48.5 Å². The van der Waals surface area contributed by atoms with Gasteiger partial charge in [-0.15, -0.1) is 0 Å². The largest absolute Gasteiger partial charge is 0.312 e. The van der Waals surface area contributed by atoms with Crippen LogP contribution in [0.2, 0.25) is 0 Å². The zero-order valence-electron chi connectivity index (χ0n) is 15.0. The quantitative estimate of drug-likeness (QED) is 0.727. The summed E-state index contributed by atoms with van der Waals surface area (Å²) >= 11 is 0. The Hall–Kier alpha value is -3.41. The molecule has 3 aromatic rings. The molecule has 0 amide bonds. The molecule has 6 heteroatoms. The van der Waals surface area contributed by atoms with Gasteiger partial charge in [0.2, 0.25) is 11.9 Å². The number of rotatable bonds is 1. The molecular formula is C21H19N5O. The molecule has 6 nitrogen and oxygen atoms in total. The van der Waals surface area contributed by atoms with Crippen molar-refractivity contribution in [3.63, 3.8) is 0 Å². The molecule has 1 atom stereocenters. The molecule has 0 spiro atoms. The fraction of sp³-hybridized carbons (Fsp3) is 0.190. The van der Waals surface area contributed by atoms with E-state index < -0.39 is 6.17 Å². The highest BCUT2D eigenvalue weighted by atomic mass is 16.1. The molecule has 0 unspecified atom stereocenters. The van der Waals surface area contributed by atoms with Gasteiger partial charge in [0.15, 0.2) is 6.17 Å². The molecule has 0 aliphatic carbocycles.